The van der Waals surface area contributed by atoms with E-state index in [0.29, 0.717) is 0 Å². The van der Waals surface area contributed by atoms with Crippen LogP contribution in [0.2, 0.25) is 0 Å². The van der Waals surface area contributed by atoms with E-state index in [9.17, 15) is 4.39 Å². The number of nitrogens with zero attached hydrogens (tertiary/aromatic N) is 5. The molecule has 0 bridgehead atoms. The van der Waals surface area contributed by atoms with Crippen molar-refractivity contribution < 1.29 is 4.39 Å². The molecule has 0 aromatic carbocycles. The zero-order valence-electron chi connectivity index (χ0n) is 12.0. The van der Waals surface area contributed by atoms with Crippen LogP contribution in [0.25, 0.3) is 0 Å². The third kappa shape index (κ3) is 3.09. The van der Waals surface area contributed by atoms with Crippen molar-refractivity contribution in [3.8, 4) is 0 Å². The first-order valence-corrected chi connectivity index (χ1v) is 7.18. The molecule has 0 unspecified atom stereocenters. The smallest absolute Gasteiger partial charge is 0.225 e. The molecule has 110 valence electrons. The van der Waals surface area contributed by atoms with Crippen LogP contribution in [0.15, 0.2) is 30.7 Å². The lowest BCUT2D eigenvalue weighted by Crippen LogP contribution is -2.47. The molecular weight excluding hydrogens is 269 g/mol. The molecule has 0 amide bonds. The number of halogens is 1. The Hall–Kier alpha value is -2.24. The molecule has 0 radical (unpaired) electrons. The molecule has 0 saturated carbocycles. The van der Waals surface area contributed by atoms with Gasteiger partial charge in [-0.15, -0.1) is 0 Å². The van der Waals surface area contributed by atoms with E-state index in [1.807, 2.05) is 18.5 Å². The van der Waals surface area contributed by atoms with Gasteiger partial charge in [0.15, 0.2) is 0 Å². The normalized spacial score (nSPS) is 15.3. The number of piperazine rings is 1. The van der Waals surface area contributed by atoms with Crippen LogP contribution in [0.1, 0.15) is 12.5 Å². The minimum absolute atomic E-state index is 0.437. The number of anilines is 2. The fourth-order valence-corrected chi connectivity index (χ4v) is 2.45. The van der Waals surface area contributed by atoms with E-state index in [4.69, 9.17) is 0 Å². The lowest BCUT2D eigenvalue weighted by molar-refractivity contribution is 0.580. The summed E-state index contributed by atoms with van der Waals surface area (Å²) < 4.78 is 13.2. The van der Waals surface area contributed by atoms with Gasteiger partial charge >= 0.3 is 0 Å². The minimum atomic E-state index is -0.437. The molecule has 2 aromatic heterocycles. The van der Waals surface area contributed by atoms with Crippen LogP contribution in [-0.2, 0) is 6.42 Å². The third-order valence-electron chi connectivity index (χ3n) is 3.74. The van der Waals surface area contributed by atoms with Crippen molar-refractivity contribution in [1.29, 1.82) is 0 Å². The highest BCUT2D eigenvalue weighted by Crippen LogP contribution is 2.18. The van der Waals surface area contributed by atoms with Gasteiger partial charge in [-0.25, -0.2) is 15.0 Å². The predicted octanol–water partition coefficient (Wildman–Crippen LogP) is 1.90. The number of rotatable bonds is 3. The minimum Gasteiger partial charge on any atom is -0.368 e. The topological polar surface area (TPSA) is 45.2 Å². The standard InChI is InChI=1S/C15H18FN5/c1-2-12-10-18-15(19-11-12)21-7-5-20(6-8-21)13-3-4-17-14(16)9-13/h3-4,9-11H,2,5-8H2,1H3. The first-order valence-electron chi connectivity index (χ1n) is 7.18. The molecule has 2 aromatic rings. The van der Waals surface area contributed by atoms with Crippen LogP contribution >= 0.6 is 0 Å². The fourth-order valence-electron chi connectivity index (χ4n) is 2.45. The van der Waals surface area contributed by atoms with Gasteiger partial charge in [-0.05, 0) is 18.1 Å². The molecule has 0 spiro atoms. The van der Waals surface area contributed by atoms with Crippen LogP contribution in [0.3, 0.4) is 0 Å². The molecule has 1 aliphatic heterocycles. The summed E-state index contributed by atoms with van der Waals surface area (Å²) in [5, 5.41) is 0. The molecule has 6 heteroatoms. The Labute approximate surface area is 123 Å². The average molecular weight is 287 g/mol. The quantitative estimate of drug-likeness (QED) is 0.807. The molecule has 21 heavy (non-hydrogen) atoms. The number of hydrogen-bond acceptors (Lipinski definition) is 5. The van der Waals surface area contributed by atoms with Gasteiger partial charge in [-0.1, -0.05) is 6.92 Å². The Morgan fingerprint density at radius 2 is 1.71 bits per heavy atom. The number of hydrogen-bond donors (Lipinski definition) is 0. The zero-order valence-corrected chi connectivity index (χ0v) is 12.0. The molecule has 3 rings (SSSR count). The Bertz CT molecular complexity index is 593. The summed E-state index contributed by atoms with van der Waals surface area (Å²) in [5.74, 6) is 0.334. The van der Waals surface area contributed by atoms with Crippen molar-refractivity contribution in [1.82, 2.24) is 15.0 Å². The predicted molar refractivity (Wildman–Crippen MR) is 80.0 cm³/mol. The van der Waals surface area contributed by atoms with Crippen LogP contribution in [0.4, 0.5) is 16.0 Å². The van der Waals surface area contributed by atoms with Crippen molar-refractivity contribution in [3.63, 3.8) is 0 Å². The van der Waals surface area contributed by atoms with Crippen molar-refractivity contribution in [2.45, 2.75) is 13.3 Å². The van der Waals surface area contributed by atoms with Crippen molar-refractivity contribution >= 4 is 11.6 Å². The van der Waals surface area contributed by atoms with E-state index in [0.717, 1.165) is 49.8 Å². The summed E-state index contributed by atoms with van der Waals surface area (Å²) in [7, 11) is 0. The molecule has 0 N–H and O–H groups in total. The molecule has 5 nitrogen and oxygen atoms in total. The van der Waals surface area contributed by atoms with E-state index in [1.165, 1.54) is 12.3 Å². The summed E-state index contributed by atoms with van der Waals surface area (Å²) in [6.07, 6.45) is 6.21. The van der Waals surface area contributed by atoms with E-state index in [2.05, 4.69) is 31.7 Å². The van der Waals surface area contributed by atoms with Crippen molar-refractivity contribution in [2.75, 3.05) is 36.0 Å². The second-order valence-electron chi connectivity index (χ2n) is 5.06. The summed E-state index contributed by atoms with van der Waals surface area (Å²) in [5.41, 5.74) is 2.02. The van der Waals surface area contributed by atoms with Crippen LogP contribution in [-0.4, -0.2) is 41.1 Å². The largest absolute Gasteiger partial charge is 0.368 e. The number of aryl methyl sites for hydroxylation is 1. The van der Waals surface area contributed by atoms with Gasteiger partial charge in [-0.2, -0.15) is 4.39 Å². The van der Waals surface area contributed by atoms with Crippen LogP contribution in [0, 0.1) is 5.95 Å². The highest BCUT2D eigenvalue weighted by Gasteiger charge is 2.19. The van der Waals surface area contributed by atoms with Gasteiger partial charge in [0.05, 0.1) is 0 Å². The lowest BCUT2D eigenvalue weighted by Gasteiger charge is -2.36. The first-order chi connectivity index (χ1) is 10.3. The summed E-state index contributed by atoms with van der Waals surface area (Å²) in [4.78, 5) is 16.7. The molecule has 1 saturated heterocycles. The lowest BCUT2D eigenvalue weighted by atomic mass is 10.2. The molecule has 0 atom stereocenters. The Morgan fingerprint density at radius 3 is 2.33 bits per heavy atom. The van der Waals surface area contributed by atoms with Gasteiger partial charge in [0, 0.05) is 56.5 Å². The van der Waals surface area contributed by atoms with Gasteiger partial charge in [-0.3, -0.25) is 0 Å². The van der Waals surface area contributed by atoms with Crippen LogP contribution in [0.5, 0.6) is 0 Å². The highest BCUT2D eigenvalue weighted by atomic mass is 19.1. The zero-order chi connectivity index (χ0) is 14.7. The molecule has 1 fully saturated rings. The molecule has 0 aliphatic carbocycles. The number of aromatic nitrogens is 3. The molecular formula is C15H18FN5. The maximum absolute atomic E-state index is 13.2. The van der Waals surface area contributed by atoms with Gasteiger partial charge in [0.1, 0.15) is 0 Å². The highest BCUT2D eigenvalue weighted by molar-refractivity contribution is 5.47. The first kappa shape index (κ1) is 13.7. The maximum Gasteiger partial charge on any atom is 0.225 e. The maximum atomic E-state index is 13.2. The van der Waals surface area contributed by atoms with E-state index in [1.54, 1.807) is 0 Å². The van der Waals surface area contributed by atoms with Gasteiger partial charge in [0.25, 0.3) is 0 Å². The van der Waals surface area contributed by atoms with Crippen molar-refractivity contribution in [2.24, 2.45) is 0 Å². The average Bonchev–Trinajstić information content (AvgIpc) is 2.55. The Balaban J connectivity index is 1.64. The summed E-state index contributed by atoms with van der Waals surface area (Å²) >= 11 is 0. The Morgan fingerprint density at radius 1 is 1.05 bits per heavy atom. The fraction of sp³-hybridized carbons (Fsp3) is 0.400. The third-order valence-corrected chi connectivity index (χ3v) is 3.74. The van der Waals surface area contributed by atoms with Crippen molar-refractivity contribution in [3.05, 3.63) is 42.2 Å². The van der Waals surface area contributed by atoms with Crippen LogP contribution < -0.4 is 9.80 Å². The van der Waals surface area contributed by atoms with Gasteiger partial charge in [0.2, 0.25) is 11.9 Å². The summed E-state index contributed by atoms with van der Waals surface area (Å²) in [6.45, 7) is 5.39. The Kier molecular flexibility index (Phi) is 3.94. The molecule has 1 aliphatic rings. The second-order valence-corrected chi connectivity index (χ2v) is 5.06. The number of pyridine rings is 1. The molecule has 3 heterocycles. The van der Waals surface area contributed by atoms with E-state index >= 15 is 0 Å². The monoisotopic (exact) mass is 287 g/mol. The van der Waals surface area contributed by atoms with E-state index in [-0.39, 0.29) is 0 Å². The van der Waals surface area contributed by atoms with E-state index < -0.39 is 5.95 Å². The second kappa shape index (κ2) is 6.03. The van der Waals surface area contributed by atoms with Gasteiger partial charge < -0.3 is 9.80 Å². The summed E-state index contributed by atoms with van der Waals surface area (Å²) in [6, 6.07) is 3.31. The SMILES string of the molecule is CCc1cnc(N2CCN(c3ccnc(F)c3)CC2)nc1.